The van der Waals surface area contributed by atoms with Crippen LogP contribution in [0.15, 0.2) is 60.7 Å². The van der Waals surface area contributed by atoms with Crippen molar-refractivity contribution in [1.29, 1.82) is 0 Å². The Hall–Kier alpha value is -2.66. The number of nitrogens with zero attached hydrogens (tertiary/aromatic N) is 2. The van der Waals surface area contributed by atoms with E-state index in [1.54, 1.807) is 6.08 Å². The third-order valence-electron chi connectivity index (χ3n) is 4.14. The molecule has 0 aliphatic carbocycles. The Balaban J connectivity index is 2.36. The minimum atomic E-state index is 1.03. The highest BCUT2D eigenvalue weighted by Crippen LogP contribution is 2.24. The Morgan fingerprint density at radius 2 is 1.54 bits per heavy atom. The molecule has 2 rings (SSSR count). The van der Waals surface area contributed by atoms with Crippen LogP contribution in [-0.2, 0) is 12.8 Å². The molecule has 0 amide bonds. The Bertz CT molecular complexity index is 755. The van der Waals surface area contributed by atoms with Crippen LogP contribution in [0.2, 0.25) is 0 Å². The molecular formula is C22H24N2. The zero-order valence-electron chi connectivity index (χ0n) is 14.5. The largest absolute Gasteiger partial charge is 0.348 e. The monoisotopic (exact) mass is 316 g/mol. The van der Waals surface area contributed by atoms with Gasteiger partial charge in [-0.1, -0.05) is 68.8 Å². The van der Waals surface area contributed by atoms with E-state index in [4.69, 9.17) is 5.53 Å². The summed E-state index contributed by atoms with van der Waals surface area (Å²) in [6, 6.07) is 17.3. The first-order valence-electron chi connectivity index (χ1n) is 8.60. The molecule has 0 saturated carbocycles. The van der Waals surface area contributed by atoms with Gasteiger partial charge in [0.05, 0.1) is 6.08 Å². The van der Waals surface area contributed by atoms with E-state index >= 15 is 0 Å². The van der Waals surface area contributed by atoms with Crippen LogP contribution in [0.4, 0.5) is 0 Å². The molecule has 24 heavy (non-hydrogen) atoms. The molecule has 0 spiro atoms. The van der Waals surface area contributed by atoms with Crippen LogP contribution < -0.4 is 0 Å². The van der Waals surface area contributed by atoms with Crippen molar-refractivity contribution in [2.24, 2.45) is 0 Å². The molecule has 2 heteroatoms. The van der Waals surface area contributed by atoms with Crippen LogP contribution in [0.1, 0.15) is 48.9 Å². The summed E-state index contributed by atoms with van der Waals surface area (Å²) in [6.07, 6.45) is 8.15. The lowest BCUT2D eigenvalue weighted by atomic mass is 9.95. The van der Waals surface area contributed by atoms with Crippen LogP contribution >= 0.6 is 0 Å². The summed E-state index contributed by atoms with van der Waals surface area (Å²) < 4.78 is 0. The summed E-state index contributed by atoms with van der Waals surface area (Å²) in [5.41, 5.74) is 14.6. The maximum absolute atomic E-state index is 8.56. The minimum absolute atomic E-state index is 1.03. The molecule has 0 heterocycles. The first kappa shape index (κ1) is 17.7. The van der Waals surface area contributed by atoms with Crippen LogP contribution in [0, 0.1) is 0 Å². The molecule has 0 radical (unpaired) electrons. The van der Waals surface area contributed by atoms with Crippen molar-refractivity contribution in [1.82, 2.24) is 0 Å². The molecule has 0 N–H and O–H groups in total. The molecule has 0 aliphatic heterocycles. The minimum Gasteiger partial charge on any atom is -0.348 e. The van der Waals surface area contributed by atoms with Gasteiger partial charge in [0.15, 0.2) is 0 Å². The van der Waals surface area contributed by atoms with E-state index in [2.05, 4.69) is 73.0 Å². The lowest BCUT2D eigenvalue weighted by Crippen LogP contribution is -1.91. The molecule has 0 aromatic heterocycles. The standard InChI is InChI=1S/C22H24N2/c1-3-5-7-19-11-15-21(16-12-19)22(8-6-17-24-23)20-13-9-18(4-2)10-14-20/h6,8-16H,3-5,7H2,1-2H3. The number of aryl methyl sites for hydroxylation is 2. The molecule has 2 aromatic carbocycles. The van der Waals surface area contributed by atoms with Gasteiger partial charge >= 0.3 is 0 Å². The lowest BCUT2D eigenvalue weighted by Gasteiger charge is -2.10. The Labute approximate surface area is 144 Å². The SMILES string of the molecule is CCCCc1ccc(C(=CC=C=[N+]=[N-])c2ccc(CC)cc2)cc1. The number of benzene rings is 2. The Kier molecular flexibility index (Phi) is 6.98. The fraction of sp³-hybridized carbons (Fsp3) is 0.273. The summed E-state index contributed by atoms with van der Waals surface area (Å²) in [4.78, 5) is 2.92. The van der Waals surface area contributed by atoms with Gasteiger partial charge in [0.1, 0.15) is 0 Å². The zero-order chi connectivity index (χ0) is 17.2. The fourth-order valence-corrected chi connectivity index (χ4v) is 2.66. The topological polar surface area (TPSA) is 36.4 Å². The number of hydrogen-bond donors (Lipinski definition) is 0. The molecule has 2 aromatic rings. The van der Waals surface area contributed by atoms with E-state index in [0.717, 1.165) is 29.5 Å². The van der Waals surface area contributed by atoms with Gasteiger partial charge in [0, 0.05) is 0 Å². The second kappa shape index (κ2) is 9.47. The van der Waals surface area contributed by atoms with E-state index in [0.29, 0.717) is 0 Å². The van der Waals surface area contributed by atoms with E-state index in [-0.39, 0.29) is 0 Å². The summed E-state index contributed by atoms with van der Waals surface area (Å²) in [6.45, 7) is 4.37. The number of allylic oxidation sites excluding steroid dienone is 2. The van der Waals surface area contributed by atoms with Crippen molar-refractivity contribution in [2.45, 2.75) is 39.5 Å². The second-order valence-corrected chi connectivity index (χ2v) is 5.83. The summed E-state index contributed by atoms with van der Waals surface area (Å²) in [5.74, 6) is 2.46. The average Bonchev–Trinajstić information content (AvgIpc) is 2.64. The Morgan fingerprint density at radius 1 is 0.958 bits per heavy atom. The van der Waals surface area contributed by atoms with Gasteiger partial charge in [-0.15, -0.1) is 4.79 Å². The first-order valence-corrected chi connectivity index (χ1v) is 8.60. The molecule has 0 unspecified atom stereocenters. The zero-order valence-corrected chi connectivity index (χ0v) is 14.5. The van der Waals surface area contributed by atoms with Crippen LogP contribution in [0.5, 0.6) is 0 Å². The third kappa shape index (κ3) is 4.93. The van der Waals surface area contributed by atoms with Gasteiger partial charge in [0.25, 0.3) is 5.87 Å². The van der Waals surface area contributed by atoms with Gasteiger partial charge in [-0.05, 0) is 53.2 Å². The molecule has 0 fully saturated rings. The highest BCUT2D eigenvalue weighted by atomic mass is 14.8. The first-order chi connectivity index (χ1) is 11.8. The highest BCUT2D eigenvalue weighted by molar-refractivity contribution is 5.82. The maximum Gasteiger partial charge on any atom is 0.299 e. The van der Waals surface area contributed by atoms with Gasteiger partial charge in [-0.2, -0.15) is 0 Å². The lowest BCUT2D eigenvalue weighted by molar-refractivity contribution is 0.00805. The van der Waals surface area contributed by atoms with Gasteiger partial charge in [-0.3, -0.25) is 0 Å². The van der Waals surface area contributed by atoms with Gasteiger partial charge < -0.3 is 5.53 Å². The van der Waals surface area contributed by atoms with Gasteiger partial charge in [-0.25, -0.2) is 0 Å². The maximum atomic E-state index is 8.56. The molecule has 2 nitrogen and oxygen atoms in total. The molecular weight excluding hydrogens is 292 g/mol. The predicted octanol–water partition coefficient (Wildman–Crippen LogP) is 5.48. The highest BCUT2D eigenvalue weighted by Gasteiger charge is 2.05. The molecule has 122 valence electrons. The van der Waals surface area contributed by atoms with Crippen molar-refractivity contribution < 1.29 is 4.79 Å². The fourth-order valence-electron chi connectivity index (χ4n) is 2.66. The molecule has 0 saturated heterocycles. The van der Waals surface area contributed by atoms with Crippen molar-refractivity contribution in [2.75, 3.05) is 0 Å². The van der Waals surface area contributed by atoms with E-state index in [1.807, 2.05) is 6.08 Å². The smallest absolute Gasteiger partial charge is 0.299 e. The predicted molar refractivity (Wildman–Crippen MR) is 101 cm³/mol. The summed E-state index contributed by atoms with van der Waals surface area (Å²) in [5, 5.41) is 0. The number of rotatable bonds is 7. The van der Waals surface area contributed by atoms with E-state index in [1.165, 1.54) is 24.0 Å². The van der Waals surface area contributed by atoms with Crippen molar-refractivity contribution in [3.05, 3.63) is 88.5 Å². The summed E-state index contributed by atoms with van der Waals surface area (Å²) >= 11 is 0. The number of unbranched alkanes of at least 4 members (excludes halogenated alkanes) is 1. The quantitative estimate of drug-likeness (QED) is 0.281. The van der Waals surface area contributed by atoms with E-state index in [9.17, 15) is 0 Å². The molecule has 0 atom stereocenters. The average molecular weight is 316 g/mol. The molecule has 0 bridgehead atoms. The van der Waals surface area contributed by atoms with Crippen LogP contribution in [0.3, 0.4) is 0 Å². The number of hydrogen-bond acceptors (Lipinski definition) is 0. The van der Waals surface area contributed by atoms with Crippen molar-refractivity contribution in [3.8, 4) is 0 Å². The van der Waals surface area contributed by atoms with Crippen molar-refractivity contribution >= 4 is 11.4 Å². The van der Waals surface area contributed by atoms with Crippen LogP contribution in [0.25, 0.3) is 11.1 Å². The third-order valence-corrected chi connectivity index (χ3v) is 4.14. The normalized spacial score (nSPS) is 10.8. The van der Waals surface area contributed by atoms with Crippen LogP contribution in [-0.4, -0.2) is 10.7 Å². The van der Waals surface area contributed by atoms with E-state index < -0.39 is 0 Å². The summed E-state index contributed by atoms with van der Waals surface area (Å²) in [7, 11) is 0. The molecule has 0 aliphatic rings. The van der Waals surface area contributed by atoms with Crippen molar-refractivity contribution in [3.63, 3.8) is 0 Å². The Morgan fingerprint density at radius 3 is 2.04 bits per heavy atom. The van der Waals surface area contributed by atoms with Gasteiger partial charge in [0.2, 0.25) is 0 Å². The second-order valence-electron chi connectivity index (χ2n) is 5.83.